The highest BCUT2D eigenvalue weighted by Gasteiger charge is 2.41. The molecule has 10 heteroatoms. The van der Waals surface area contributed by atoms with Crippen LogP contribution in [0.1, 0.15) is 37.6 Å². The number of anilines is 2. The number of amides is 1. The van der Waals surface area contributed by atoms with Crippen molar-refractivity contribution < 1.29 is 13.2 Å². The Bertz CT molecular complexity index is 1360. The van der Waals surface area contributed by atoms with Crippen LogP contribution >= 0.6 is 11.6 Å². The van der Waals surface area contributed by atoms with Crippen LogP contribution in [-0.2, 0) is 10.0 Å². The predicted molar refractivity (Wildman–Crippen MR) is 133 cm³/mol. The Morgan fingerprint density at radius 1 is 1.21 bits per heavy atom. The van der Waals surface area contributed by atoms with Gasteiger partial charge in [0.05, 0.1) is 11.3 Å². The molecule has 1 unspecified atom stereocenters. The number of sulfonamides is 1. The van der Waals surface area contributed by atoms with Crippen molar-refractivity contribution in [1.82, 2.24) is 14.7 Å². The fraction of sp³-hybridized carbons (Fsp3) is 0.292. The zero-order valence-corrected chi connectivity index (χ0v) is 20.7. The van der Waals surface area contributed by atoms with E-state index in [1.807, 2.05) is 12.1 Å². The molecule has 1 fully saturated rings. The van der Waals surface area contributed by atoms with Gasteiger partial charge in [0.25, 0.3) is 15.9 Å². The van der Waals surface area contributed by atoms with Gasteiger partial charge in [-0.05, 0) is 62.6 Å². The van der Waals surface area contributed by atoms with Crippen LogP contribution in [0.5, 0.6) is 0 Å². The first-order valence-corrected chi connectivity index (χ1v) is 12.7. The van der Waals surface area contributed by atoms with E-state index in [0.29, 0.717) is 29.0 Å². The summed E-state index contributed by atoms with van der Waals surface area (Å²) in [6, 6.07) is 13.3. The Balaban J connectivity index is 1.79. The summed E-state index contributed by atoms with van der Waals surface area (Å²) in [5.41, 5.74) is 7.01. The minimum Gasteiger partial charge on any atom is -0.383 e. The normalized spacial score (nSPS) is 17.5. The number of hydrogen-bond acceptors (Lipinski definition) is 7. The molecule has 1 amide bonds. The molecule has 0 bridgehead atoms. The monoisotopic (exact) mass is 499 g/mol. The van der Waals surface area contributed by atoms with Crippen LogP contribution in [0.3, 0.4) is 0 Å². The molecule has 1 saturated heterocycles. The van der Waals surface area contributed by atoms with Crippen molar-refractivity contribution in [2.24, 2.45) is 5.92 Å². The summed E-state index contributed by atoms with van der Waals surface area (Å²) in [6.45, 7) is 7.01. The Kier molecular flexibility index (Phi) is 6.26. The predicted octanol–water partition coefficient (Wildman–Crippen LogP) is 4.12. The van der Waals surface area contributed by atoms with Crippen molar-refractivity contribution in [2.45, 2.75) is 37.6 Å². The van der Waals surface area contributed by atoms with Crippen LogP contribution in [0.25, 0.3) is 11.3 Å². The van der Waals surface area contributed by atoms with E-state index >= 15 is 0 Å². The fourth-order valence-electron chi connectivity index (χ4n) is 4.11. The average Bonchev–Trinajstić information content (AvgIpc) is 3.05. The van der Waals surface area contributed by atoms with Crippen molar-refractivity contribution in [1.29, 1.82) is 0 Å². The molecular formula is C24H26ClN5O3S. The maximum atomic E-state index is 13.3. The van der Waals surface area contributed by atoms with Gasteiger partial charge in [-0.3, -0.25) is 4.79 Å². The van der Waals surface area contributed by atoms with E-state index in [9.17, 15) is 13.2 Å². The lowest BCUT2D eigenvalue weighted by atomic mass is 9.90. The first-order valence-electron chi connectivity index (χ1n) is 10.8. The van der Waals surface area contributed by atoms with Crippen LogP contribution in [0.4, 0.5) is 11.6 Å². The molecule has 0 spiro atoms. The number of carbonyl (C=O) groups excluding carboxylic acids is 1. The number of carbonyl (C=O) groups is 1. The lowest BCUT2D eigenvalue weighted by molar-refractivity contribution is 0.0981. The molecule has 8 nitrogen and oxygen atoms in total. The molecule has 4 rings (SSSR count). The number of halogens is 1. The van der Waals surface area contributed by atoms with E-state index in [1.54, 1.807) is 24.3 Å². The Hall–Kier alpha value is -3.17. The number of rotatable bonds is 5. The molecule has 1 aromatic carbocycles. The van der Waals surface area contributed by atoms with Crippen molar-refractivity contribution in [3.63, 3.8) is 0 Å². The minimum absolute atomic E-state index is 0.152. The zero-order chi connectivity index (χ0) is 24.7. The molecule has 1 aliphatic rings. The van der Waals surface area contributed by atoms with E-state index in [4.69, 9.17) is 22.3 Å². The summed E-state index contributed by atoms with van der Waals surface area (Å²) < 4.78 is 27.9. The number of nitrogens with zero attached hydrogens (tertiary/aromatic N) is 3. The standard InChI is InChI=1S/C24H26ClN5O3S/c1-15-11-13-30(24(15,2)3)22-18(9-10-19(28-22)16-6-4-7-17(25)14-16)23(31)29-34(32,33)20-8-5-12-27-21(20)26/h4-10,12,14-15H,11,13H2,1-3H3,(H2,26,27)(H,29,31). The summed E-state index contributed by atoms with van der Waals surface area (Å²) in [7, 11) is -4.24. The van der Waals surface area contributed by atoms with Gasteiger partial charge in [-0.25, -0.2) is 23.1 Å². The van der Waals surface area contributed by atoms with Gasteiger partial charge in [-0.2, -0.15) is 0 Å². The molecule has 0 aliphatic carbocycles. The number of nitrogen functional groups attached to an aromatic ring is 1. The largest absolute Gasteiger partial charge is 0.383 e. The maximum Gasteiger partial charge on any atom is 0.268 e. The molecule has 178 valence electrons. The SMILES string of the molecule is CC1CCN(c2nc(-c3cccc(Cl)c3)ccc2C(=O)NS(=O)(=O)c2cccnc2N)C1(C)C. The average molecular weight is 500 g/mol. The Morgan fingerprint density at radius 3 is 2.62 bits per heavy atom. The third kappa shape index (κ3) is 4.45. The number of pyridine rings is 2. The molecule has 1 aliphatic heterocycles. The molecule has 1 atom stereocenters. The van der Waals surface area contributed by atoms with E-state index in [0.717, 1.165) is 12.0 Å². The van der Waals surface area contributed by atoms with Crippen LogP contribution in [0.2, 0.25) is 5.02 Å². The molecule has 0 radical (unpaired) electrons. The number of hydrogen-bond donors (Lipinski definition) is 2. The van der Waals surface area contributed by atoms with Crippen molar-refractivity contribution >= 4 is 39.2 Å². The van der Waals surface area contributed by atoms with Gasteiger partial charge in [0.2, 0.25) is 0 Å². The number of nitrogens with two attached hydrogens (primary N) is 1. The van der Waals surface area contributed by atoms with Crippen LogP contribution in [-0.4, -0.2) is 36.4 Å². The number of nitrogens with one attached hydrogen (secondary N) is 1. The molecule has 3 aromatic rings. The van der Waals surface area contributed by atoms with E-state index in [-0.39, 0.29) is 21.8 Å². The van der Waals surface area contributed by atoms with Crippen LogP contribution in [0.15, 0.2) is 59.6 Å². The van der Waals surface area contributed by atoms with E-state index < -0.39 is 15.9 Å². The Labute approximate surface area is 204 Å². The van der Waals surface area contributed by atoms with Gasteiger partial charge in [-0.15, -0.1) is 0 Å². The van der Waals surface area contributed by atoms with Gasteiger partial charge in [-0.1, -0.05) is 30.7 Å². The first-order chi connectivity index (χ1) is 16.0. The second-order valence-electron chi connectivity index (χ2n) is 8.89. The lowest BCUT2D eigenvalue weighted by Gasteiger charge is -2.36. The fourth-order valence-corrected chi connectivity index (χ4v) is 5.35. The number of aromatic nitrogens is 2. The van der Waals surface area contributed by atoms with Crippen molar-refractivity contribution in [3.8, 4) is 11.3 Å². The first kappa shape index (κ1) is 24.0. The van der Waals surface area contributed by atoms with Gasteiger partial charge in [0.15, 0.2) is 0 Å². The molecule has 34 heavy (non-hydrogen) atoms. The molecule has 0 saturated carbocycles. The second kappa shape index (κ2) is 8.88. The van der Waals surface area contributed by atoms with Gasteiger partial charge in [0.1, 0.15) is 16.5 Å². The highest BCUT2D eigenvalue weighted by atomic mass is 35.5. The third-order valence-corrected chi connectivity index (χ3v) is 8.11. The quantitative estimate of drug-likeness (QED) is 0.542. The lowest BCUT2D eigenvalue weighted by Crippen LogP contribution is -2.43. The van der Waals surface area contributed by atoms with E-state index in [1.165, 1.54) is 18.3 Å². The maximum absolute atomic E-state index is 13.3. The summed E-state index contributed by atoms with van der Waals surface area (Å²) in [5.74, 6) is -0.219. The summed E-state index contributed by atoms with van der Waals surface area (Å²) in [5, 5.41) is 0.568. The van der Waals surface area contributed by atoms with Gasteiger partial charge < -0.3 is 10.6 Å². The van der Waals surface area contributed by atoms with Crippen LogP contribution < -0.4 is 15.4 Å². The summed E-state index contributed by atoms with van der Waals surface area (Å²) >= 11 is 6.17. The highest BCUT2D eigenvalue weighted by molar-refractivity contribution is 7.90. The second-order valence-corrected chi connectivity index (χ2v) is 11.0. The summed E-state index contributed by atoms with van der Waals surface area (Å²) in [6.07, 6.45) is 2.30. The van der Waals surface area contributed by atoms with E-state index in [2.05, 4.69) is 35.4 Å². The molecule has 3 N–H and O–H groups in total. The summed E-state index contributed by atoms with van der Waals surface area (Å²) in [4.78, 5) is 23.7. The third-order valence-electron chi connectivity index (χ3n) is 6.50. The smallest absolute Gasteiger partial charge is 0.268 e. The van der Waals surface area contributed by atoms with Crippen LogP contribution in [0, 0.1) is 5.92 Å². The molecular weight excluding hydrogens is 474 g/mol. The minimum atomic E-state index is -4.24. The van der Waals surface area contributed by atoms with Crippen molar-refractivity contribution in [3.05, 3.63) is 65.3 Å². The molecule has 3 heterocycles. The molecule has 2 aromatic heterocycles. The highest BCUT2D eigenvalue weighted by Crippen LogP contribution is 2.39. The Morgan fingerprint density at radius 2 is 1.97 bits per heavy atom. The zero-order valence-electron chi connectivity index (χ0n) is 19.1. The van der Waals surface area contributed by atoms with Gasteiger partial charge >= 0.3 is 0 Å². The topological polar surface area (TPSA) is 118 Å². The van der Waals surface area contributed by atoms with Crippen molar-refractivity contribution in [2.75, 3.05) is 17.2 Å². The van der Waals surface area contributed by atoms with Gasteiger partial charge in [0, 0.05) is 28.9 Å². The number of benzene rings is 1.